The summed E-state index contributed by atoms with van der Waals surface area (Å²) in [6.45, 7) is 10.6. The summed E-state index contributed by atoms with van der Waals surface area (Å²) in [6.07, 6.45) is 1.08. The first-order valence-corrected chi connectivity index (χ1v) is 8.09. The number of nitrogens with one attached hydrogen (secondary N) is 1. The van der Waals surface area contributed by atoms with Crippen molar-refractivity contribution in [1.82, 2.24) is 10.2 Å². The second-order valence-electron chi connectivity index (χ2n) is 6.04. The van der Waals surface area contributed by atoms with Gasteiger partial charge >= 0.3 is 0 Å². The summed E-state index contributed by atoms with van der Waals surface area (Å²) in [5, 5.41) is 3.60. The van der Waals surface area contributed by atoms with Gasteiger partial charge in [0, 0.05) is 32.8 Å². The molecule has 21 heavy (non-hydrogen) atoms. The lowest BCUT2D eigenvalue weighted by Crippen LogP contribution is -2.33. The Morgan fingerprint density at radius 2 is 1.76 bits per heavy atom. The van der Waals surface area contributed by atoms with Crippen molar-refractivity contribution < 1.29 is 4.74 Å². The van der Waals surface area contributed by atoms with Crippen LogP contribution in [0, 0.1) is 0 Å². The number of benzene rings is 1. The molecule has 1 N–H and O–H groups in total. The molecule has 0 amide bonds. The highest BCUT2D eigenvalue weighted by molar-refractivity contribution is 5.27. The van der Waals surface area contributed by atoms with Gasteiger partial charge in [0.25, 0.3) is 0 Å². The third-order valence-corrected chi connectivity index (χ3v) is 3.84. The Morgan fingerprint density at radius 1 is 1.14 bits per heavy atom. The Kier molecular flexibility index (Phi) is 8.58. The van der Waals surface area contributed by atoms with Crippen molar-refractivity contribution in [3.05, 3.63) is 35.4 Å². The van der Waals surface area contributed by atoms with Crippen molar-refractivity contribution in [3.63, 3.8) is 0 Å². The van der Waals surface area contributed by atoms with E-state index in [2.05, 4.69) is 62.3 Å². The maximum absolute atomic E-state index is 5.12. The highest BCUT2D eigenvalue weighted by Crippen LogP contribution is 2.19. The van der Waals surface area contributed by atoms with Crippen molar-refractivity contribution in [3.8, 4) is 0 Å². The molecule has 0 aliphatic rings. The molecule has 0 radical (unpaired) electrons. The lowest BCUT2D eigenvalue weighted by Gasteiger charge is -2.25. The molecule has 0 heterocycles. The van der Waals surface area contributed by atoms with Crippen molar-refractivity contribution in [2.45, 2.75) is 39.2 Å². The summed E-state index contributed by atoms with van der Waals surface area (Å²) in [7, 11) is 3.94. The van der Waals surface area contributed by atoms with Crippen LogP contribution in [0.2, 0.25) is 0 Å². The van der Waals surface area contributed by atoms with E-state index in [1.54, 1.807) is 7.11 Å². The van der Waals surface area contributed by atoms with Gasteiger partial charge in [0.2, 0.25) is 0 Å². The molecule has 0 aliphatic carbocycles. The molecule has 1 aromatic carbocycles. The van der Waals surface area contributed by atoms with Crippen LogP contribution in [0.5, 0.6) is 0 Å². The van der Waals surface area contributed by atoms with Crippen LogP contribution in [-0.4, -0.2) is 45.3 Å². The molecule has 120 valence electrons. The average Bonchev–Trinajstić information content (AvgIpc) is 2.47. The van der Waals surface area contributed by atoms with Gasteiger partial charge in [-0.15, -0.1) is 0 Å². The van der Waals surface area contributed by atoms with Gasteiger partial charge in [0.05, 0.1) is 0 Å². The van der Waals surface area contributed by atoms with Gasteiger partial charge in [-0.2, -0.15) is 0 Å². The van der Waals surface area contributed by atoms with Gasteiger partial charge in [-0.3, -0.25) is 0 Å². The fourth-order valence-corrected chi connectivity index (χ4v) is 2.53. The van der Waals surface area contributed by atoms with E-state index in [-0.39, 0.29) is 0 Å². The van der Waals surface area contributed by atoms with Crippen LogP contribution >= 0.6 is 0 Å². The SMILES string of the molecule is CCNC(CN(C)CCCOC)c1ccc(C(C)C)cc1. The zero-order valence-electron chi connectivity index (χ0n) is 14.4. The van der Waals surface area contributed by atoms with Crippen molar-refractivity contribution >= 4 is 0 Å². The van der Waals surface area contributed by atoms with Gasteiger partial charge in [0.1, 0.15) is 0 Å². The summed E-state index contributed by atoms with van der Waals surface area (Å²) < 4.78 is 5.12. The van der Waals surface area contributed by atoms with Crippen LogP contribution in [0.25, 0.3) is 0 Å². The van der Waals surface area contributed by atoms with E-state index >= 15 is 0 Å². The molecule has 1 aromatic rings. The molecule has 1 rings (SSSR count). The van der Waals surface area contributed by atoms with E-state index in [4.69, 9.17) is 4.74 Å². The Bertz CT molecular complexity index is 375. The average molecular weight is 292 g/mol. The molecule has 3 heteroatoms. The molecule has 0 spiro atoms. The normalized spacial score (nSPS) is 13.1. The number of ether oxygens (including phenoxy) is 1. The number of nitrogens with zero attached hydrogens (tertiary/aromatic N) is 1. The first kappa shape index (κ1) is 18.1. The van der Waals surface area contributed by atoms with Crippen LogP contribution in [0.15, 0.2) is 24.3 Å². The summed E-state index contributed by atoms with van der Waals surface area (Å²) in [5.41, 5.74) is 2.78. The summed E-state index contributed by atoms with van der Waals surface area (Å²) in [4.78, 5) is 2.38. The molecular formula is C18H32N2O. The Morgan fingerprint density at radius 3 is 2.29 bits per heavy atom. The minimum atomic E-state index is 0.392. The van der Waals surface area contributed by atoms with Crippen LogP contribution in [0.1, 0.15) is 50.3 Å². The fraction of sp³-hybridized carbons (Fsp3) is 0.667. The standard InChI is InChI=1S/C18H32N2O/c1-6-19-18(14-20(4)12-7-13-21-5)17-10-8-16(9-11-17)15(2)3/h8-11,15,18-19H,6-7,12-14H2,1-5H3. The molecule has 3 nitrogen and oxygen atoms in total. The van der Waals surface area contributed by atoms with E-state index in [9.17, 15) is 0 Å². The topological polar surface area (TPSA) is 24.5 Å². The van der Waals surface area contributed by atoms with E-state index in [1.165, 1.54) is 11.1 Å². The van der Waals surface area contributed by atoms with Crippen LogP contribution in [-0.2, 0) is 4.74 Å². The predicted octanol–water partition coefficient (Wildman–Crippen LogP) is 3.43. The monoisotopic (exact) mass is 292 g/mol. The molecule has 1 unspecified atom stereocenters. The van der Waals surface area contributed by atoms with Crippen LogP contribution in [0.4, 0.5) is 0 Å². The predicted molar refractivity (Wildman–Crippen MR) is 90.9 cm³/mol. The Balaban J connectivity index is 2.63. The summed E-state index contributed by atoms with van der Waals surface area (Å²) in [5.74, 6) is 0.591. The molecule has 0 fully saturated rings. The Labute approximate surface area is 130 Å². The number of hydrogen-bond acceptors (Lipinski definition) is 3. The molecule has 0 aromatic heterocycles. The van der Waals surface area contributed by atoms with E-state index < -0.39 is 0 Å². The molecule has 0 saturated carbocycles. The van der Waals surface area contributed by atoms with Gasteiger partial charge < -0.3 is 15.0 Å². The molecular weight excluding hydrogens is 260 g/mol. The highest BCUT2D eigenvalue weighted by Gasteiger charge is 2.13. The largest absolute Gasteiger partial charge is 0.385 e. The summed E-state index contributed by atoms with van der Waals surface area (Å²) >= 11 is 0. The lowest BCUT2D eigenvalue weighted by atomic mass is 9.99. The maximum atomic E-state index is 5.12. The first-order chi connectivity index (χ1) is 10.1. The van der Waals surface area contributed by atoms with Crippen molar-refractivity contribution in [2.24, 2.45) is 0 Å². The second kappa shape index (κ2) is 9.93. The third kappa shape index (κ3) is 6.60. The second-order valence-corrected chi connectivity index (χ2v) is 6.04. The zero-order chi connectivity index (χ0) is 15.7. The van der Waals surface area contributed by atoms with Gasteiger partial charge in [-0.25, -0.2) is 0 Å². The van der Waals surface area contributed by atoms with E-state index in [1.807, 2.05) is 0 Å². The minimum Gasteiger partial charge on any atom is -0.385 e. The van der Waals surface area contributed by atoms with E-state index in [0.717, 1.165) is 32.7 Å². The molecule has 0 aliphatic heterocycles. The number of methoxy groups -OCH3 is 1. The number of hydrogen-bond donors (Lipinski definition) is 1. The maximum Gasteiger partial charge on any atom is 0.0474 e. The van der Waals surface area contributed by atoms with Crippen molar-refractivity contribution in [1.29, 1.82) is 0 Å². The van der Waals surface area contributed by atoms with Gasteiger partial charge in [0.15, 0.2) is 0 Å². The first-order valence-electron chi connectivity index (χ1n) is 8.09. The zero-order valence-corrected chi connectivity index (χ0v) is 14.4. The third-order valence-electron chi connectivity index (χ3n) is 3.84. The molecule has 1 atom stereocenters. The highest BCUT2D eigenvalue weighted by atomic mass is 16.5. The smallest absolute Gasteiger partial charge is 0.0474 e. The van der Waals surface area contributed by atoms with Gasteiger partial charge in [-0.1, -0.05) is 45.0 Å². The minimum absolute atomic E-state index is 0.392. The molecule has 0 saturated heterocycles. The van der Waals surface area contributed by atoms with Crippen LogP contribution in [0.3, 0.4) is 0 Å². The lowest BCUT2D eigenvalue weighted by molar-refractivity contribution is 0.176. The van der Waals surface area contributed by atoms with Crippen LogP contribution < -0.4 is 5.32 Å². The quantitative estimate of drug-likeness (QED) is 0.669. The fourth-order valence-electron chi connectivity index (χ4n) is 2.53. The number of likely N-dealkylation sites (N-methyl/N-ethyl adjacent to an activating group) is 2. The molecule has 0 bridgehead atoms. The summed E-state index contributed by atoms with van der Waals surface area (Å²) in [6, 6.07) is 9.45. The Hall–Kier alpha value is -0.900. The number of rotatable bonds is 10. The van der Waals surface area contributed by atoms with Crippen molar-refractivity contribution in [2.75, 3.05) is 40.4 Å². The van der Waals surface area contributed by atoms with Gasteiger partial charge in [-0.05, 0) is 37.1 Å². The van der Waals surface area contributed by atoms with E-state index in [0.29, 0.717) is 12.0 Å².